The molecule has 5 nitrogen and oxygen atoms in total. The van der Waals surface area contributed by atoms with Crippen molar-refractivity contribution in [3.05, 3.63) is 11.8 Å². The Balaban J connectivity index is 2.10. The lowest BCUT2D eigenvalue weighted by Crippen LogP contribution is -2.28. The maximum Gasteiger partial charge on any atom is 0.230 e. The Bertz CT molecular complexity index is 261. The van der Waals surface area contributed by atoms with Crippen LogP contribution in [0.3, 0.4) is 0 Å². The number of hydrogen-bond acceptors (Lipinski definition) is 5. The van der Waals surface area contributed by atoms with Crippen LogP contribution < -0.4 is 5.32 Å². The molecule has 0 amide bonds. The maximum absolute atomic E-state index is 5.22. The number of likely N-dealkylation sites (N-methyl/N-ethyl adjacent to an activating group) is 1. The Morgan fingerprint density at radius 3 is 2.79 bits per heavy atom. The van der Waals surface area contributed by atoms with Crippen molar-refractivity contribution in [3.8, 4) is 0 Å². The van der Waals surface area contributed by atoms with Crippen LogP contribution in [0.5, 0.6) is 0 Å². The molecule has 0 unspecified atom stereocenters. The molecule has 0 aromatic carbocycles. The largest absolute Gasteiger partial charge is 0.424 e. The number of aryl methyl sites for hydroxylation is 1. The summed E-state index contributed by atoms with van der Waals surface area (Å²) in [6.07, 6.45) is 0. The standard InChI is InChI=1S/C9H18N4O/c1-4-13(3)6-5-10-7-9-12-11-8(2)14-9/h10H,4-7H2,1-3H3. The highest BCUT2D eigenvalue weighted by Gasteiger charge is 2.00. The van der Waals surface area contributed by atoms with Gasteiger partial charge in [-0.05, 0) is 13.6 Å². The van der Waals surface area contributed by atoms with E-state index in [1.165, 1.54) is 0 Å². The van der Waals surface area contributed by atoms with E-state index >= 15 is 0 Å². The van der Waals surface area contributed by atoms with E-state index in [2.05, 4.69) is 34.4 Å². The zero-order valence-electron chi connectivity index (χ0n) is 9.08. The van der Waals surface area contributed by atoms with E-state index in [1.807, 2.05) is 0 Å². The zero-order valence-corrected chi connectivity index (χ0v) is 9.08. The molecule has 0 saturated heterocycles. The lowest BCUT2D eigenvalue weighted by atomic mass is 10.5. The molecule has 1 rings (SSSR count). The zero-order chi connectivity index (χ0) is 10.4. The van der Waals surface area contributed by atoms with Crippen LogP contribution in [0.25, 0.3) is 0 Å². The van der Waals surface area contributed by atoms with Crippen molar-refractivity contribution in [2.75, 3.05) is 26.7 Å². The molecule has 1 heterocycles. The third-order valence-electron chi connectivity index (χ3n) is 2.05. The predicted molar refractivity (Wildman–Crippen MR) is 53.9 cm³/mol. The number of nitrogens with zero attached hydrogens (tertiary/aromatic N) is 3. The van der Waals surface area contributed by atoms with Gasteiger partial charge in [0.25, 0.3) is 0 Å². The summed E-state index contributed by atoms with van der Waals surface area (Å²) in [6, 6.07) is 0. The summed E-state index contributed by atoms with van der Waals surface area (Å²) in [5.74, 6) is 1.27. The van der Waals surface area contributed by atoms with E-state index < -0.39 is 0 Å². The van der Waals surface area contributed by atoms with Gasteiger partial charge in [-0.15, -0.1) is 10.2 Å². The van der Waals surface area contributed by atoms with E-state index in [9.17, 15) is 0 Å². The Hall–Kier alpha value is -0.940. The monoisotopic (exact) mass is 198 g/mol. The van der Waals surface area contributed by atoms with Gasteiger partial charge in [0.1, 0.15) is 0 Å². The Morgan fingerprint density at radius 1 is 1.43 bits per heavy atom. The minimum absolute atomic E-state index is 0.618. The number of rotatable bonds is 6. The van der Waals surface area contributed by atoms with Crippen LogP contribution in [0.2, 0.25) is 0 Å². The molecule has 0 atom stereocenters. The second-order valence-corrected chi connectivity index (χ2v) is 3.29. The molecule has 1 aromatic heterocycles. The highest BCUT2D eigenvalue weighted by molar-refractivity contribution is 4.77. The summed E-state index contributed by atoms with van der Waals surface area (Å²) >= 11 is 0. The van der Waals surface area contributed by atoms with Gasteiger partial charge in [-0.3, -0.25) is 0 Å². The third kappa shape index (κ3) is 3.85. The van der Waals surface area contributed by atoms with Crippen molar-refractivity contribution in [1.29, 1.82) is 0 Å². The summed E-state index contributed by atoms with van der Waals surface area (Å²) in [6.45, 7) is 7.62. The van der Waals surface area contributed by atoms with Gasteiger partial charge in [0, 0.05) is 20.0 Å². The smallest absolute Gasteiger partial charge is 0.230 e. The predicted octanol–water partition coefficient (Wildman–Crippen LogP) is 0.419. The topological polar surface area (TPSA) is 54.2 Å². The van der Waals surface area contributed by atoms with Gasteiger partial charge in [-0.2, -0.15) is 0 Å². The second-order valence-electron chi connectivity index (χ2n) is 3.29. The molecule has 1 N–H and O–H groups in total. The van der Waals surface area contributed by atoms with Crippen LogP contribution in [0.1, 0.15) is 18.7 Å². The molecule has 0 fully saturated rings. The Morgan fingerprint density at radius 2 is 2.21 bits per heavy atom. The van der Waals surface area contributed by atoms with Crippen LogP contribution in [0.15, 0.2) is 4.42 Å². The van der Waals surface area contributed by atoms with Gasteiger partial charge in [-0.25, -0.2) is 0 Å². The van der Waals surface area contributed by atoms with Crippen LogP contribution in [-0.2, 0) is 6.54 Å². The van der Waals surface area contributed by atoms with Crippen molar-refractivity contribution < 1.29 is 4.42 Å². The molecule has 5 heteroatoms. The molecule has 0 aliphatic heterocycles. The Kier molecular flexibility index (Phi) is 4.55. The highest BCUT2D eigenvalue weighted by atomic mass is 16.4. The molecule has 1 aromatic rings. The molecule has 0 saturated carbocycles. The van der Waals surface area contributed by atoms with Gasteiger partial charge in [0.15, 0.2) is 0 Å². The van der Waals surface area contributed by atoms with Crippen molar-refractivity contribution in [3.63, 3.8) is 0 Å². The van der Waals surface area contributed by atoms with E-state index in [4.69, 9.17) is 4.42 Å². The first-order valence-corrected chi connectivity index (χ1v) is 4.90. The second kappa shape index (κ2) is 5.72. The van der Waals surface area contributed by atoms with Gasteiger partial charge >= 0.3 is 0 Å². The van der Waals surface area contributed by atoms with Gasteiger partial charge < -0.3 is 14.6 Å². The minimum Gasteiger partial charge on any atom is -0.424 e. The summed E-state index contributed by atoms with van der Waals surface area (Å²) in [4.78, 5) is 2.24. The molecule has 0 aliphatic carbocycles. The summed E-state index contributed by atoms with van der Waals surface area (Å²) in [5, 5.41) is 10.9. The fourth-order valence-electron chi connectivity index (χ4n) is 1.03. The average molecular weight is 198 g/mol. The molecule has 0 radical (unpaired) electrons. The summed E-state index contributed by atoms with van der Waals surface area (Å²) < 4.78 is 5.22. The van der Waals surface area contributed by atoms with Crippen LogP contribution in [0.4, 0.5) is 0 Å². The van der Waals surface area contributed by atoms with Crippen LogP contribution >= 0.6 is 0 Å². The number of nitrogens with one attached hydrogen (secondary N) is 1. The third-order valence-corrected chi connectivity index (χ3v) is 2.05. The van der Waals surface area contributed by atoms with Gasteiger partial charge in [0.2, 0.25) is 11.8 Å². The number of aromatic nitrogens is 2. The first kappa shape index (κ1) is 11.1. The quantitative estimate of drug-likeness (QED) is 0.671. The lowest BCUT2D eigenvalue weighted by molar-refractivity contribution is 0.343. The summed E-state index contributed by atoms with van der Waals surface area (Å²) in [7, 11) is 2.10. The minimum atomic E-state index is 0.618. The Labute approximate surface area is 84.5 Å². The fourth-order valence-corrected chi connectivity index (χ4v) is 1.03. The maximum atomic E-state index is 5.22. The van der Waals surface area contributed by atoms with Crippen LogP contribution in [0, 0.1) is 6.92 Å². The number of hydrogen-bond donors (Lipinski definition) is 1. The molecule has 0 bridgehead atoms. The molecule has 0 aliphatic rings. The van der Waals surface area contributed by atoms with Gasteiger partial charge in [-0.1, -0.05) is 6.92 Å². The average Bonchev–Trinajstić information content (AvgIpc) is 2.58. The molecule has 14 heavy (non-hydrogen) atoms. The van der Waals surface area contributed by atoms with Crippen molar-refractivity contribution in [2.45, 2.75) is 20.4 Å². The van der Waals surface area contributed by atoms with Gasteiger partial charge in [0.05, 0.1) is 6.54 Å². The first-order chi connectivity index (χ1) is 6.72. The summed E-state index contributed by atoms with van der Waals surface area (Å²) in [5.41, 5.74) is 0. The molecule has 80 valence electrons. The van der Waals surface area contributed by atoms with E-state index in [-0.39, 0.29) is 0 Å². The SMILES string of the molecule is CCN(C)CCNCc1nnc(C)o1. The fraction of sp³-hybridized carbons (Fsp3) is 0.778. The van der Waals surface area contributed by atoms with Crippen molar-refractivity contribution >= 4 is 0 Å². The van der Waals surface area contributed by atoms with E-state index in [1.54, 1.807) is 6.92 Å². The van der Waals surface area contributed by atoms with E-state index in [0.29, 0.717) is 18.3 Å². The lowest BCUT2D eigenvalue weighted by Gasteiger charge is -2.13. The molecular weight excluding hydrogens is 180 g/mol. The first-order valence-electron chi connectivity index (χ1n) is 4.90. The van der Waals surface area contributed by atoms with Crippen LogP contribution in [-0.4, -0.2) is 41.8 Å². The van der Waals surface area contributed by atoms with E-state index in [0.717, 1.165) is 19.6 Å². The highest BCUT2D eigenvalue weighted by Crippen LogP contribution is 1.95. The molecular formula is C9H18N4O. The van der Waals surface area contributed by atoms with Crippen molar-refractivity contribution in [2.24, 2.45) is 0 Å². The van der Waals surface area contributed by atoms with Crippen molar-refractivity contribution in [1.82, 2.24) is 20.4 Å². The molecule has 0 spiro atoms. The normalized spacial score (nSPS) is 11.1.